The first kappa shape index (κ1) is 23.8. The number of aromatic carboxylic acids is 1. The minimum Gasteiger partial charge on any atom is -0.497 e. The van der Waals surface area contributed by atoms with Crippen LogP contribution < -0.4 is 15.0 Å². The number of rotatable bonds is 5. The number of carboxylic acid groups (broad SMARTS) is 1. The van der Waals surface area contributed by atoms with Crippen molar-refractivity contribution in [1.82, 2.24) is 9.88 Å². The second-order valence-corrected chi connectivity index (χ2v) is 8.19. The van der Waals surface area contributed by atoms with Crippen molar-refractivity contribution in [3.8, 4) is 11.4 Å². The van der Waals surface area contributed by atoms with Crippen molar-refractivity contribution in [2.45, 2.75) is 13.8 Å². The first-order chi connectivity index (χ1) is 16.6. The lowest BCUT2D eigenvalue weighted by Gasteiger charge is -2.26. The zero-order valence-corrected chi connectivity index (χ0v) is 19.7. The van der Waals surface area contributed by atoms with Crippen molar-refractivity contribution < 1.29 is 29.0 Å². The van der Waals surface area contributed by atoms with Crippen LogP contribution in [0.4, 0.5) is 10.5 Å². The van der Waals surface area contributed by atoms with Crippen molar-refractivity contribution in [3.63, 3.8) is 0 Å². The number of anilines is 1. The number of aryl methyl sites for hydroxylation is 1. The molecule has 1 saturated heterocycles. The van der Waals surface area contributed by atoms with Gasteiger partial charge in [0.2, 0.25) is 0 Å². The zero-order chi connectivity index (χ0) is 25.4. The average molecular weight is 494 g/mol. The van der Waals surface area contributed by atoms with Crippen LogP contribution in [0.3, 0.4) is 0 Å². The number of hydrogen-bond donors (Lipinski definition) is 2. The molecule has 0 radical (unpaired) electrons. The molecule has 1 aliphatic rings. The van der Waals surface area contributed by atoms with Crippen molar-refractivity contribution >= 4 is 47.2 Å². The van der Waals surface area contributed by atoms with E-state index in [1.807, 2.05) is 11.5 Å². The third kappa shape index (κ3) is 4.29. The van der Waals surface area contributed by atoms with E-state index in [1.54, 1.807) is 43.3 Å². The fraction of sp³-hybridized carbons (Fsp3) is 0.120. The number of urea groups is 1. The SMILES string of the molecule is COc1ccc(N2C(=O)NC(=O)/C(=C\c3cc(C)n(-c4ccc(C(=O)O)c(Cl)c4)c3C)C2=O)cc1. The molecule has 10 heteroatoms. The van der Waals surface area contributed by atoms with Gasteiger partial charge in [-0.25, -0.2) is 14.5 Å². The summed E-state index contributed by atoms with van der Waals surface area (Å²) in [5.41, 5.74) is 2.69. The second kappa shape index (κ2) is 9.11. The second-order valence-electron chi connectivity index (χ2n) is 7.79. The first-order valence-corrected chi connectivity index (χ1v) is 10.8. The summed E-state index contributed by atoms with van der Waals surface area (Å²) >= 11 is 6.14. The van der Waals surface area contributed by atoms with Gasteiger partial charge in [0.05, 0.1) is 23.4 Å². The normalized spacial score (nSPS) is 14.9. The largest absolute Gasteiger partial charge is 0.497 e. The fourth-order valence-electron chi connectivity index (χ4n) is 3.93. The minimum atomic E-state index is -1.13. The number of imide groups is 2. The molecular weight excluding hydrogens is 474 g/mol. The van der Waals surface area contributed by atoms with Crippen LogP contribution in [0.15, 0.2) is 54.1 Å². The Morgan fingerprint density at radius 3 is 2.29 bits per heavy atom. The van der Waals surface area contributed by atoms with Crippen molar-refractivity contribution in [2.24, 2.45) is 0 Å². The molecule has 0 spiro atoms. The minimum absolute atomic E-state index is 0.0204. The molecule has 3 aromatic rings. The number of ether oxygens (including phenoxy) is 1. The van der Waals surface area contributed by atoms with Crippen LogP contribution in [0.1, 0.15) is 27.3 Å². The van der Waals surface area contributed by atoms with Crippen molar-refractivity contribution in [1.29, 1.82) is 0 Å². The molecule has 2 heterocycles. The Balaban J connectivity index is 1.74. The molecule has 0 atom stereocenters. The number of amides is 4. The Bertz CT molecular complexity index is 1420. The number of carboxylic acids is 1. The zero-order valence-electron chi connectivity index (χ0n) is 19.0. The summed E-state index contributed by atoms with van der Waals surface area (Å²) < 4.78 is 6.93. The number of carbonyl (C=O) groups excluding carboxylic acids is 3. The van der Waals surface area contributed by atoms with Gasteiger partial charge in [0.15, 0.2) is 0 Å². The van der Waals surface area contributed by atoms with Crippen LogP contribution in [-0.4, -0.2) is 40.6 Å². The van der Waals surface area contributed by atoms with Crippen LogP contribution in [-0.2, 0) is 9.59 Å². The van der Waals surface area contributed by atoms with E-state index in [4.69, 9.17) is 16.3 Å². The number of nitrogens with one attached hydrogen (secondary N) is 1. The Hall–Kier alpha value is -4.37. The number of hydrogen-bond acceptors (Lipinski definition) is 5. The van der Waals surface area contributed by atoms with Gasteiger partial charge in [-0.3, -0.25) is 14.9 Å². The summed E-state index contributed by atoms with van der Waals surface area (Å²) in [4.78, 5) is 50.4. The Morgan fingerprint density at radius 2 is 1.69 bits per heavy atom. The number of benzene rings is 2. The topological polar surface area (TPSA) is 118 Å². The van der Waals surface area contributed by atoms with Gasteiger partial charge < -0.3 is 14.4 Å². The van der Waals surface area contributed by atoms with E-state index in [9.17, 15) is 24.3 Å². The van der Waals surface area contributed by atoms with Crippen LogP contribution in [0.5, 0.6) is 5.75 Å². The van der Waals surface area contributed by atoms with E-state index in [-0.39, 0.29) is 21.8 Å². The van der Waals surface area contributed by atoms with E-state index in [1.165, 1.54) is 25.3 Å². The molecule has 1 fully saturated rings. The van der Waals surface area contributed by atoms with Crippen LogP contribution in [0, 0.1) is 13.8 Å². The molecule has 4 amide bonds. The number of aromatic nitrogens is 1. The Labute approximate surface area is 205 Å². The van der Waals surface area contributed by atoms with E-state index in [0.717, 1.165) is 10.6 Å². The van der Waals surface area contributed by atoms with E-state index < -0.39 is 23.8 Å². The van der Waals surface area contributed by atoms with E-state index >= 15 is 0 Å². The molecule has 2 aromatic carbocycles. The molecule has 0 saturated carbocycles. The Morgan fingerprint density at radius 1 is 1.03 bits per heavy atom. The van der Waals surface area contributed by atoms with Gasteiger partial charge in [0.1, 0.15) is 11.3 Å². The number of carbonyl (C=O) groups is 4. The van der Waals surface area contributed by atoms with Gasteiger partial charge in [-0.05, 0) is 74.0 Å². The molecule has 178 valence electrons. The molecule has 4 rings (SSSR count). The van der Waals surface area contributed by atoms with Gasteiger partial charge in [0, 0.05) is 17.1 Å². The molecule has 0 aliphatic carbocycles. The number of barbiturate groups is 1. The molecule has 2 N–H and O–H groups in total. The van der Waals surface area contributed by atoms with E-state index in [2.05, 4.69) is 5.32 Å². The fourth-order valence-corrected chi connectivity index (χ4v) is 4.18. The maximum Gasteiger partial charge on any atom is 0.337 e. The van der Waals surface area contributed by atoms with Crippen molar-refractivity contribution in [2.75, 3.05) is 12.0 Å². The molecular formula is C25H20ClN3O6. The highest BCUT2D eigenvalue weighted by molar-refractivity contribution is 6.39. The maximum absolute atomic E-state index is 13.2. The average Bonchev–Trinajstić information content (AvgIpc) is 3.09. The number of nitrogens with zero attached hydrogens (tertiary/aromatic N) is 2. The molecule has 35 heavy (non-hydrogen) atoms. The summed E-state index contributed by atoms with van der Waals surface area (Å²) in [5.74, 6) is -2.15. The first-order valence-electron chi connectivity index (χ1n) is 10.4. The van der Waals surface area contributed by atoms with Gasteiger partial charge in [-0.1, -0.05) is 11.6 Å². The third-order valence-electron chi connectivity index (χ3n) is 5.64. The highest BCUT2D eigenvalue weighted by Crippen LogP contribution is 2.28. The van der Waals surface area contributed by atoms with Crippen LogP contribution >= 0.6 is 11.6 Å². The predicted molar refractivity (Wildman–Crippen MR) is 129 cm³/mol. The molecule has 9 nitrogen and oxygen atoms in total. The number of halogens is 1. The summed E-state index contributed by atoms with van der Waals surface area (Å²) in [7, 11) is 1.50. The Kier molecular flexibility index (Phi) is 6.19. The quantitative estimate of drug-likeness (QED) is 0.408. The smallest absolute Gasteiger partial charge is 0.337 e. The van der Waals surface area contributed by atoms with Crippen LogP contribution in [0.25, 0.3) is 11.8 Å². The lowest BCUT2D eigenvalue weighted by molar-refractivity contribution is -0.122. The van der Waals surface area contributed by atoms with Gasteiger partial charge in [-0.2, -0.15) is 0 Å². The lowest BCUT2D eigenvalue weighted by Crippen LogP contribution is -2.54. The highest BCUT2D eigenvalue weighted by atomic mass is 35.5. The number of methoxy groups -OCH3 is 1. The summed E-state index contributed by atoms with van der Waals surface area (Å²) in [6.45, 7) is 3.61. The maximum atomic E-state index is 13.2. The summed E-state index contributed by atoms with van der Waals surface area (Å²) in [6, 6.07) is 11.8. The lowest BCUT2D eigenvalue weighted by atomic mass is 10.1. The standard InChI is InChI=1S/C25H20ClN3O6/c1-13-10-15(14(2)28(13)17-6-9-19(24(32)33)21(26)12-17)11-20-22(30)27-25(34)29(23(20)31)16-4-7-18(35-3)8-5-16/h4-12H,1-3H3,(H,32,33)(H,27,30,34)/b20-11+. The van der Waals surface area contributed by atoms with Gasteiger partial charge in [0.25, 0.3) is 11.8 Å². The van der Waals surface area contributed by atoms with Gasteiger partial charge >= 0.3 is 12.0 Å². The predicted octanol–water partition coefficient (Wildman–Crippen LogP) is 4.12. The van der Waals surface area contributed by atoms with Crippen molar-refractivity contribution in [3.05, 3.63) is 81.6 Å². The molecule has 1 aromatic heterocycles. The monoisotopic (exact) mass is 493 g/mol. The van der Waals surface area contributed by atoms with Gasteiger partial charge in [-0.15, -0.1) is 0 Å². The third-order valence-corrected chi connectivity index (χ3v) is 5.96. The molecule has 0 unspecified atom stereocenters. The highest BCUT2D eigenvalue weighted by Gasteiger charge is 2.37. The molecule has 0 bridgehead atoms. The molecule has 1 aliphatic heterocycles. The van der Waals surface area contributed by atoms with E-state index in [0.29, 0.717) is 22.7 Å². The summed E-state index contributed by atoms with van der Waals surface area (Å²) in [6.07, 6.45) is 1.42. The summed E-state index contributed by atoms with van der Waals surface area (Å²) in [5, 5.41) is 11.5. The van der Waals surface area contributed by atoms with Crippen LogP contribution in [0.2, 0.25) is 5.02 Å².